The Balaban J connectivity index is 1.88. The molecule has 1 aliphatic rings. The number of amides is 1. The molecule has 2 aromatic rings. The number of carbonyl (C=O) groups excluding carboxylic acids is 1. The van der Waals surface area contributed by atoms with Crippen molar-refractivity contribution < 1.29 is 9.18 Å². The SMILES string of the molecule is CCN(c1cc(F)cc(C(=O)NCc2c(C)cc(C)n(C)c2=O)c1C)C1C[C@@H](C)C[C@H](C)C1. The van der Waals surface area contributed by atoms with Crippen LogP contribution in [-0.2, 0) is 13.6 Å². The summed E-state index contributed by atoms with van der Waals surface area (Å²) in [5.74, 6) is 0.477. The molecule has 5 nitrogen and oxygen atoms in total. The predicted octanol–water partition coefficient (Wildman–Crippen LogP) is 5.03. The molecule has 1 N–H and O–H groups in total. The summed E-state index contributed by atoms with van der Waals surface area (Å²) < 4.78 is 16.3. The first-order chi connectivity index (χ1) is 15.5. The second-order valence-corrected chi connectivity index (χ2v) is 9.95. The molecule has 0 radical (unpaired) electrons. The monoisotopic (exact) mass is 455 g/mol. The lowest BCUT2D eigenvalue weighted by Crippen LogP contribution is -2.41. The van der Waals surface area contributed by atoms with E-state index in [4.69, 9.17) is 0 Å². The molecular weight excluding hydrogens is 417 g/mol. The molecule has 0 bridgehead atoms. The van der Waals surface area contributed by atoms with Gasteiger partial charge in [-0.25, -0.2) is 4.39 Å². The van der Waals surface area contributed by atoms with Gasteiger partial charge < -0.3 is 14.8 Å². The van der Waals surface area contributed by atoms with Crippen molar-refractivity contribution in [1.29, 1.82) is 0 Å². The fraction of sp³-hybridized carbons (Fsp3) is 0.556. The van der Waals surface area contributed by atoms with Gasteiger partial charge in [-0.1, -0.05) is 13.8 Å². The van der Waals surface area contributed by atoms with Crippen molar-refractivity contribution >= 4 is 11.6 Å². The van der Waals surface area contributed by atoms with Crippen LogP contribution in [0.1, 0.15) is 72.8 Å². The fourth-order valence-corrected chi connectivity index (χ4v) is 5.49. The van der Waals surface area contributed by atoms with Gasteiger partial charge in [0.25, 0.3) is 11.5 Å². The van der Waals surface area contributed by atoms with Gasteiger partial charge in [0, 0.05) is 48.7 Å². The average Bonchev–Trinajstić information content (AvgIpc) is 2.74. The Hall–Kier alpha value is -2.63. The van der Waals surface area contributed by atoms with Gasteiger partial charge in [-0.05, 0) is 88.1 Å². The van der Waals surface area contributed by atoms with Crippen LogP contribution in [0.5, 0.6) is 0 Å². The Bertz CT molecular complexity index is 1080. The topological polar surface area (TPSA) is 54.3 Å². The first kappa shape index (κ1) is 25.0. The number of anilines is 1. The predicted molar refractivity (Wildman–Crippen MR) is 132 cm³/mol. The molecule has 180 valence electrons. The lowest BCUT2D eigenvalue weighted by Gasteiger charge is -2.41. The van der Waals surface area contributed by atoms with E-state index in [0.717, 1.165) is 41.9 Å². The molecule has 0 spiro atoms. The number of aromatic nitrogens is 1. The second-order valence-electron chi connectivity index (χ2n) is 9.95. The van der Waals surface area contributed by atoms with Gasteiger partial charge in [-0.2, -0.15) is 0 Å². The standard InChI is InChI=1S/C27H38FN3O2/c1-8-31(22-10-16(2)9-17(3)11-22)25-14-21(28)13-23(20(25)6)26(32)29-15-24-18(4)12-19(5)30(7)27(24)33/h12-14,16-17,22H,8-11,15H2,1-7H3,(H,29,32)/t16-,17-/m0/s1. The Morgan fingerprint density at radius 2 is 1.76 bits per heavy atom. The molecular formula is C27H38FN3O2. The summed E-state index contributed by atoms with van der Waals surface area (Å²) in [4.78, 5) is 28.0. The molecule has 2 atom stereocenters. The zero-order chi connectivity index (χ0) is 24.4. The highest BCUT2D eigenvalue weighted by molar-refractivity contribution is 5.97. The van der Waals surface area contributed by atoms with Gasteiger partial charge in [0.1, 0.15) is 5.82 Å². The van der Waals surface area contributed by atoms with E-state index in [1.165, 1.54) is 12.5 Å². The van der Waals surface area contributed by atoms with E-state index in [1.807, 2.05) is 26.8 Å². The normalized spacial score (nSPS) is 20.5. The molecule has 0 aliphatic heterocycles. The maximum Gasteiger partial charge on any atom is 0.255 e. The maximum atomic E-state index is 14.7. The third-order valence-electron chi connectivity index (χ3n) is 7.25. The van der Waals surface area contributed by atoms with Crippen LogP contribution in [0.2, 0.25) is 0 Å². The molecule has 1 aromatic heterocycles. The molecule has 0 unspecified atom stereocenters. The van der Waals surface area contributed by atoms with Crippen LogP contribution < -0.4 is 15.8 Å². The highest BCUT2D eigenvalue weighted by Crippen LogP contribution is 2.36. The van der Waals surface area contributed by atoms with E-state index in [9.17, 15) is 14.0 Å². The van der Waals surface area contributed by atoms with Crippen LogP contribution in [0.25, 0.3) is 0 Å². The Labute approximate surface area is 197 Å². The first-order valence-corrected chi connectivity index (χ1v) is 12.0. The van der Waals surface area contributed by atoms with Crippen molar-refractivity contribution in [2.24, 2.45) is 18.9 Å². The highest BCUT2D eigenvalue weighted by Gasteiger charge is 2.29. The van der Waals surface area contributed by atoms with Gasteiger partial charge >= 0.3 is 0 Å². The number of nitrogens with zero attached hydrogens (tertiary/aromatic N) is 2. The van der Waals surface area contributed by atoms with Crippen molar-refractivity contribution in [3.63, 3.8) is 0 Å². The molecule has 0 saturated heterocycles. The van der Waals surface area contributed by atoms with Crippen LogP contribution in [0.4, 0.5) is 10.1 Å². The van der Waals surface area contributed by atoms with Crippen LogP contribution in [0.3, 0.4) is 0 Å². The molecule has 1 amide bonds. The molecule has 1 saturated carbocycles. The van der Waals surface area contributed by atoms with Crippen molar-refractivity contribution in [2.45, 2.75) is 73.4 Å². The summed E-state index contributed by atoms with van der Waals surface area (Å²) in [5, 5.41) is 2.85. The number of hydrogen-bond donors (Lipinski definition) is 1. The highest BCUT2D eigenvalue weighted by atomic mass is 19.1. The molecule has 1 aliphatic carbocycles. The third-order valence-corrected chi connectivity index (χ3v) is 7.25. The van der Waals surface area contributed by atoms with E-state index in [1.54, 1.807) is 17.7 Å². The van der Waals surface area contributed by atoms with Crippen molar-refractivity contribution in [3.8, 4) is 0 Å². The fourth-order valence-electron chi connectivity index (χ4n) is 5.49. The van der Waals surface area contributed by atoms with Gasteiger partial charge in [-0.15, -0.1) is 0 Å². The minimum absolute atomic E-state index is 0.109. The van der Waals surface area contributed by atoms with Crippen LogP contribution in [0.15, 0.2) is 23.0 Å². The molecule has 1 fully saturated rings. The molecule has 33 heavy (non-hydrogen) atoms. The minimum atomic E-state index is -0.418. The van der Waals surface area contributed by atoms with Crippen LogP contribution >= 0.6 is 0 Å². The number of benzene rings is 1. The Morgan fingerprint density at radius 3 is 2.36 bits per heavy atom. The Morgan fingerprint density at radius 1 is 1.12 bits per heavy atom. The summed E-state index contributed by atoms with van der Waals surface area (Å²) in [6.07, 6.45) is 3.37. The van der Waals surface area contributed by atoms with E-state index in [0.29, 0.717) is 29.0 Å². The van der Waals surface area contributed by atoms with E-state index in [-0.39, 0.29) is 18.0 Å². The quantitative estimate of drug-likeness (QED) is 0.665. The van der Waals surface area contributed by atoms with Gasteiger partial charge in [0.05, 0.1) is 0 Å². The van der Waals surface area contributed by atoms with Crippen molar-refractivity contribution in [3.05, 3.63) is 62.3 Å². The number of hydrogen-bond acceptors (Lipinski definition) is 3. The Kier molecular flexibility index (Phi) is 7.65. The van der Waals surface area contributed by atoms with Gasteiger partial charge in [-0.3, -0.25) is 9.59 Å². The van der Waals surface area contributed by atoms with Crippen LogP contribution in [-0.4, -0.2) is 23.1 Å². The summed E-state index contributed by atoms with van der Waals surface area (Å²) in [5.41, 5.74) is 4.01. The molecule has 1 heterocycles. The van der Waals surface area contributed by atoms with E-state index in [2.05, 4.69) is 31.0 Å². The summed E-state index contributed by atoms with van der Waals surface area (Å²) in [6.45, 7) is 13.2. The third kappa shape index (κ3) is 5.31. The first-order valence-electron chi connectivity index (χ1n) is 12.0. The number of nitrogens with one attached hydrogen (secondary N) is 1. The summed E-state index contributed by atoms with van der Waals surface area (Å²) >= 11 is 0. The second kappa shape index (κ2) is 10.1. The lowest BCUT2D eigenvalue weighted by molar-refractivity contribution is 0.0949. The number of aryl methyl sites for hydroxylation is 2. The minimum Gasteiger partial charge on any atom is -0.368 e. The maximum absolute atomic E-state index is 14.7. The average molecular weight is 456 g/mol. The zero-order valence-electron chi connectivity index (χ0n) is 21.1. The van der Waals surface area contributed by atoms with Crippen LogP contribution in [0, 0.1) is 38.4 Å². The number of carbonyl (C=O) groups is 1. The van der Waals surface area contributed by atoms with Gasteiger partial charge in [0.2, 0.25) is 0 Å². The number of rotatable bonds is 6. The summed E-state index contributed by atoms with van der Waals surface area (Å²) in [7, 11) is 1.72. The smallest absolute Gasteiger partial charge is 0.255 e. The van der Waals surface area contributed by atoms with Crippen molar-refractivity contribution in [2.75, 3.05) is 11.4 Å². The lowest BCUT2D eigenvalue weighted by atomic mass is 9.79. The summed E-state index contributed by atoms with van der Waals surface area (Å²) in [6, 6.07) is 5.12. The molecule has 1 aromatic carbocycles. The van der Waals surface area contributed by atoms with Crippen molar-refractivity contribution in [1.82, 2.24) is 9.88 Å². The molecule has 3 rings (SSSR count). The zero-order valence-corrected chi connectivity index (χ0v) is 21.1. The molecule has 6 heteroatoms. The van der Waals surface area contributed by atoms with E-state index >= 15 is 0 Å². The number of pyridine rings is 1. The van der Waals surface area contributed by atoms with E-state index < -0.39 is 5.82 Å². The largest absolute Gasteiger partial charge is 0.368 e. The van der Waals surface area contributed by atoms with Gasteiger partial charge in [0.15, 0.2) is 0 Å². The number of halogens is 1.